The van der Waals surface area contributed by atoms with Crippen molar-refractivity contribution in [1.82, 2.24) is 0 Å². The normalized spacial score (nSPS) is 13.4. The fourth-order valence-corrected chi connectivity index (χ4v) is 4.51. The Balaban J connectivity index is 2.35. The van der Waals surface area contributed by atoms with Crippen molar-refractivity contribution >= 4 is 54.8 Å². The van der Waals surface area contributed by atoms with Gasteiger partial charge in [-0.15, -0.1) is 22.9 Å². The van der Waals surface area contributed by atoms with Crippen LogP contribution in [0.3, 0.4) is 0 Å². The molecule has 0 amide bonds. The lowest BCUT2D eigenvalue weighted by molar-refractivity contribution is 0.0165. The van der Waals surface area contributed by atoms with E-state index in [4.69, 9.17) is 16.3 Å². The highest BCUT2D eigenvalue weighted by molar-refractivity contribution is 9.12. The highest BCUT2D eigenvalue weighted by Crippen LogP contribution is 2.39. The zero-order valence-corrected chi connectivity index (χ0v) is 12.8. The Morgan fingerprint density at radius 2 is 2.12 bits per heavy atom. The van der Waals surface area contributed by atoms with Crippen molar-refractivity contribution in [2.75, 3.05) is 13.2 Å². The SMILES string of the molecule is FC(F)COCCC(Cl)c1cc(Br)sc1Br. The lowest BCUT2D eigenvalue weighted by Crippen LogP contribution is -2.06. The predicted octanol–water partition coefficient (Wildman–Crippen LogP) is 5.22. The molecule has 1 rings (SSSR count). The second-order valence-corrected chi connectivity index (χ2v) is 7.28. The summed E-state index contributed by atoms with van der Waals surface area (Å²) in [5, 5.41) is -0.227. The third kappa shape index (κ3) is 4.96. The number of hydrogen-bond acceptors (Lipinski definition) is 2. The molecule has 1 atom stereocenters. The number of hydrogen-bond donors (Lipinski definition) is 0. The Labute approximate surface area is 118 Å². The van der Waals surface area contributed by atoms with Gasteiger partial charge in [0.1, 0.15) is 6.61 Å². The van der Waals surface area contributed by atoms with Gasteiger partial charge in [0, 0.05) is 6.61 Å². The van der Waals surface area contributed by atoms with Crippen molar-refractivity contribution in [3.8, 4) is 0 Å². The quantitative estimate of drug-likeness (QED) is 0.471. The lowest BCUT2D eigenvalue weighted by atomic mass is 10.2. The summed E-state index contributed by atoms with van der Waals surface area (Å²) in [5.41, 5.74) is 0.958. The van der Waals surface area contributed by atoms with Gasteiger partial charge in [0.15, 0.2) is 0 Å². The minimum Gasteiger partial charge on any atom is -0.375 e. The smallest absolute Gasteiger partial charge is 0.261 e. The molecule has 0 bridgehead atoms. The van der Waals surface area contributed by atoms with Crippen LogP contribution < -0.4 is 0 Å². The first-order chi connectivity index (χ1) is 7.50. The summed E-state index contributed by atoms with van der Waals surface area (Å²) in [6, 6.07) is 1.92. The molecule has 1 unspecified atom stereocenters. The van der Waals surface area contributed by atoms with Gasteiger partial charge in [0.05, 0.1) is 12.9 Å². The van der Waals surface area contributed by atoms with Gasteiger partial charge in [0.25, 0.3) is 6.43 Å². The highest BCUT2D eigenvalue weighted by atomic mass is 79.9. The van der Waals surface area contributed by atoms with Gasteiger partial charge < -0.3 is 4.74 Å². The van der Waals surface area contributed by atoms with E-state index in [2.05, 4.69) is 31.9 Å². The molecule has 92 valence electrons. The fourth-order valence-electron chi connectivity index (χ4n) is 1.08. The van der Waals surface area contributed by atoms with Crippen LogP contribution >= 0.6 is 54.8 Å². The molecule has 1 nitrogen and oxygen atoms in total. The third-order valence-corrected chi connectivity index (χ3v) is 4.62. The Bertz CT molecular complexity index is 335. The summed E-state index contributed by atoms with van der Waals surface area (Å²) < 4.78 is 30.3. The first kappa shape index (κ1) is 14.8. The van der Waals surface area contributed by atoms with E-state index in [9.17, 15) is 8.78 Å². The van der Waals surface area contributed by atoms with E-state index in [0.717, 1.165) is 13.1 Å². The fraction of sp³-hybridized carbons (Fsp3) is 0.556. The van der Waals surface area contributed by atoms with Crippen molar-refractivity contribution in [2.24, 2.45) is 0 Å². The van der Waals surface area contributed by atoms with Crippen LogP contribution in [-0.2, 0) is 4.74 Å². The van der Waals surface area contributed by atoms with Gasteiger partial charge in [0.2, 0.25) is 0 Å². The van der Waals surface area contributed by atoms with Crippen LogP contribution in [0.1, 0.15) is 17.4 Å². The molecule has 0 aliphatic carbocycles. The van der Waals surface area contributed by atoms with Gasteiger partial charge >= 0.3 is 0 Å². The number of alkyl halides is 3. The van der Waals surface area contributed by atoms with Crippen molar-refractivity contribution in [1.29, 1.82) is 0 Å². The number of ether oxygens (including phenoxy) is 1. The van der Waals surface area contributed by atoms with E-state index in [-0.39, 0.29) is 12.0 Å². The summed E-state index contributed by atoms with van der Waals surface area (Å²) in [4.78, 5) is 0. The van der Waals surface area contributed by atoms with Crippen LogP contribution in [-0.4, -0.2) is 19.6 Å². The molecule has 0 saturated heterocycles. The molecule has 0 aliphatic rings. The van der Waals surface area contributed by atoms with Crippen LogP contribution in [0.5, 0.6) is 0 Å². The summed E-state index contributed by atoms with van der Waals surface area (Å²) >= 11 is 14.4. The molecule has 1 aromatic heterocycles. The van der Waals surface area contributed by atoms with Crippen LogP contribution in [0.25, 0.3) is 0 Å². The molecule has 0 spiro atoms. The van der Waals surface area contributed by atoms with Crippen molar-refractivity contribution in [3.05, 3.63) is 19.2 Å². The number of thiophene rings is 1. The molecular weight excluding hydrogens is 389 g/mol. The molecular formula is C9H9Br2ClF2OS. The van der Waals surface area contributed by atoms with Gasteiger partial charge in [-0.2, -0.15) is 0 Å². The van der Waals surface area contributed by atoms with Gasteiger partial charge in [-0.25, -0.2) is 8.78 Å². The van der Waals surface area contributed by atoms with E-state index in [1.54, 1.807) is 0 Å². The lowest BCUT2D eigenvalue weighted by Gasteiger charge is -2.08. The van der Waals surface area contributed by atoms with E-state index in [0.29, 0.717) is 6.42 Å². The maximum atomic E-state index is 11.8. The van der Waals surface area contributed by atoms with E-state index in [1.165, 1.54) is 11.3 Å². The second-order valence-electron chi connectivity index (χ2n) is 3.00. The van der Waals surface area contributed by atoms with Crippen molar-refractivity contribution in [3.63, 3.8) is 0 Å². The topological polar surface area (TPSA) is 9.23 Å². The van der Waals surface area contributed by atoms with E-state index in [1.807, 2.05) is 6.07 Å². The Morgan fingerprint density at radius 1 is 1.44 bits per heavy atom. The van der Waals surface area contributed by atoms with Crippen LogP contribution in [0.4, 0.5) is 8.78 Å². The molecule has 0 radical (unpaired) electrons. The molecule has 0 N–H and O–H groups in total. The zero-order chi connectivity index (χ0) is 12.1. The average molecular weight is 398 g/mol. The highest BCUT2D eigenvalue weighted by Gasteiger charge is 2.15. The first-order valence-electron chi connectivity index (χ1n) is 4.45. The molecule has 16 heavy (non-hydrogen) atoms. The van der Waals surface area contributed by atoms with Crippen molar-refractivity contribution in [2.45, 2.75) is 18.2 Å². The van der Waals surface area contributed by atoms with Crippen LogP contribution in [0.15, 0.2) is 13.6 Å². The van der Waals surface area contributed by atoms with E-state index < -0.39 is 13.0 Å². The minimum absolute atomic E-state index is 0.227. The maximum absolute atomic E-state index is 11.8. The standard InChI is InChI=1S/C9H9Br2ClF2OS/c10-7-3-5(9(11)16-7)6(12)1-2-15-4-8(13)14/h3,6,8H,1-2,4H2. The molecule has 0 aromatic carbocycles. The summed E-state index contributed by atoms with van der Waals surface area (Å²) in [7, 11) is 0. The van der Waals surface area contributed by atoms with Gasteiger partial charge in [-0.05, 0) is 49.9 Å². The zero-order valence-electron chi connectivity index (χ0n) is 8.06. The molecule has 0 saturated carbocycles. The largest absolute Gasteiger partial charge is 0.375 e. The summed E-state index contributed by atoms with van der Waals surface area (Å²) in [5.74, 6) is 0. The monoisotopic (exact) mass is 396 g/mol. The average Bonchev–Trinajstić information content (AvgIpc) is 2.52. The molecule has 1 aromatic rings. The second kappa shape index (κ2) is 7.26. The third-order valence-electron chi connectivity index (χ3n) is 1.78. The number of rotatable bonds is 6. The Kier molecular flexibility index (Phi) is 6.73. The van der Waals surface area contributed by atoms with Crippen molar-refractivity contribution < 1.29 is 13.5 Å². The maximum Gasteiger partial charge on any atom is 0.261 e. The van der Waals surface area contributed by atoms with Crippen LogP contribution in [0.2, 0.25) is 0 Å². The molecule has 0 aliphatic heterocycles. The first-order valence-corrected chi connectivity index (χ1v) is 7.29. The minimum atomic E-state index is -2.42. The van der Waals surface area contributed by atoms with Crippen LogP contribution in [0, 0.1) is 0 Å². The number of halogens is 5. The van der Waals surface area contributed by atoms with Gasteiger partial charge in [-0.3, -0.25) is 0 Å². The summed E-state index contributed by atoms with van der Waals surface area (Å²) in [6.45, 7) is -0.295. The summed E-state index contributed by atoms with van der Waals surface area (Å²) in [6.07, 6.45) is -1.91. The molecule has 7 heteroatoms. The predicted molar refractivity (Wildman–Crippen MR) is 69.8 cm³/mol. The molecule has 0 fully saturated rings. The Hall–Kier alpha value is 0.770. The van der Waals surface area contributed by atoms with E-state index >= 15 is 0 Å². The molecule has 1 heterocycles. The Morgan fingerprint density at radius 3 is 2.62 bits per heavy atom. The van der Waals surface area contributed by atoms with Gasteiger partial charge in [-0.1, -0.05) is 0 Å².